The van der Waals surface area contributed by atoms with E-state index in [0.717, 1.165) is 5.69 Å². The van der Waals surface area contributed by atoms with Crippen molar-refractivity contribution in [2.24, 2.45) is 7.05 Å². The van der Waals surface area contributed by atoms with Gasteiger partial charge in [0.15, 0.2) is 5.69 Å². The first-order chi connectivity index (χ1) is 10.3. The highest BCUT2D eigenvalue weighted by atomic mass is 32.2. The van der Waals surface area contributed by atoms with Crippen molar-refractivity contribution in [2.75, 3.05) is 11.9 Å². The molecule has 0 spiro atoms. The van der Waals surface area contributed by atoms with Gasteiger partial charge in [0.05, 0.1) is 5.69 Å². The Kier molecular flexibility index (Phi) is 4.51. The zero-order valence-corrected chi connectivity index (χ0v) is 13.4. The second-order valence-electron chi connectivity index (χ2n) is 4.76. The highest BCUT2D eigenvalue weighted by Crippen LogP contribution is 2.20. The summed E-state index contributed by atoms with van der Waals surface area (Å²) in [6.07, 6.45) is 0. The Hall–Kier alpha value is -2.35. The number of nitrogens with zero attached hydrogens (tertiary/aromatic N) is 2. The summed E-state index contributed by atoms with van der Waals surface area (Å²) in [5.41, 5.74) is 1.27. The topological polar surface area (TPSA) is 93.1 Å². The molecular formula is C14H18N4O3S. The van der Waals surface area contributed by atoms with Crippen LogP contribution in [0.3, 0.4) is 0 Å². The molecule has 2 rings (SSSR count). The molecule has 22 heavy (non-hydrogen) atoms. The van der Waals surface area contributed by atoms with Gasteiger partial charge in [-0.15, -0.1) is 0 Å². The third-order valence-electron chi connectivity index (χ3n) is 3.12. The van der Waals surface area contributed by atoms with Crippen molar-refractivity contribution >= 4 is 21.6 Å². The first-order valence-electron chi connectivity index (χ1n) is 6.76. The minimum Gasteiger partial charge on any atom is -0.384 e. The summed E-state index contributed by atoms with van der Waals surface area (Å²) >= 11 is 0. The molecule has 7 nitrogen and oxygen atoms in total. The third kappa shape index (κ3) is 3.28. The molecule has 0 aliphatic heterocycles. The van der Waals surface area contributed by atoms with Crippen LogP contribution in [0.25, 0.3) is 0 Å². The van der Waals surface area contributed by atoms with E-state index in [9.17, 15) is 13.2 Å². The number of sulfonamides is 1. The highest BCUT2D eigenvalue weighted by molar-refractivity contribution is 7.90. The number of rotatable bonds is 5. The van der Waals surface area contributed by atoms with Crippen LogP contribution < -0.4 is 10.0 Å². The van der Waals surface area contributed by atoms with Crippen molar-refractivity contribution < 1.29 is 13.2 Å². The lowest BCUT2D eigenvalue weighted by atomic mass is 10.3. The maximum Gasteiger partial charge on any atom is 0.285 e. The van der Waals surface area contributed by atoms with Gasteiger partial charge in [0, 0.05) is 19.3 Å². The second kappa shape index (κ2) is 6.18. The molecule has 0 radical (unpaired) electrons. The van der Waals surface area contributed by atoms with Gasteiger partial charge in [-0.3, -0.25) is 9.48 Å². The van der Waals surface area contributed by atoms with Crippen molar-refractivity contribution in [1.29, 1.82) is 0 Å². The fourth-order valence-corrected chi connectivity index (χ4v) is 3.08. The molecule has 1 aromatic heterocycles. The van der Waals surface area contributed by atoms with E-state index >= 15 is 0 Å². The normalized spacial score (nSPS) is 11.2. The van der Waals surface area contributed by atoms with E-state index in [0.29, 0.717) is 12.2 Å². The Bertz CT molecular complexity index is 777. The molecule has 1 amide bonds. The number of aromatic nitrogens is 2. The molecule has 1 aromatic carbocycles. The molecule has 8 heteroatoms. The van der Waals surface area contributed by atoms with Gasteiger partial charge in [-0.25, -0.2) is 13.1 Å². The number of para-hydroxylation sites is 1. The quantitative estimate of drug-likeness (QED) is 0.865. The van der Waals surface area contributed by atoms with Crippen LogP contribution in [0.4, 0.5) is 5.69 Å². The Morgan fingerprint density at radius 1 is 1.32 bits per heavy atom. The van der Waals surface area contributed by atoms with Crippen molar-refractivity contribution in [1.82, 2.24) is 14.5 Å². The van der Waals surface area contributed by atoms with Crippen LogP contribution in [0.5, 0.6) is 0 Å². The Balaban J connectivity index is 2.30. The first-order valence-corrected chi connectivity index (χ1v) is 8.24. The third-order valence-corrected chi connectivity index (χ3v) is 4.51. The SMILES string of the molecule is CCNc1ccccc1S(=O)(=O)NC(=O)c1cc(C)n(C)n1. The largest absolute Gasteiger partial charge is 0.384 e. The number of benzene rings is 1. The van der Waals surface area contributed by atoms with Crippen LogP contribution in [0.1, 0.15) is 23.1 Å². The Morgan fingerprint density at radius 3 is 2.59 bits per heavy atom. The summed E-state index contributed by atoms with van der Waals surface area (Å²) in [6.45, 7) is 4.21. The molecule has 0 bridgehead atoms. The summed E-state index contributed by atoms with van der Waals surface area (Å²) in [5, 5.41) is 6.93. The number of anilines is 1. The van der Waals surface area contributed by atoms with E-state index in [1.807, 2.05) is 11.6 Å². The Labute approximate surface area is 129 Å². The molecule has 0 fully saturated rings. The summed E-state index contributed by atoms with van der Waals surface area (Å²) in [5.74, 6) is -0.755. The van der Waals surface area contributed by atoms with Crippen molar-refractivity contribution in [3.8, 4) is 0 Å². The van der Waals surface area contributed by atoms with Gasteiger partial charge < -0.3 is 5.32 Å². The van der Waals surface area contributed by atoms with Crippen molar-refractivity contribution in [3.63, 3.8) is 0 Å². The van der Waals surface area contributed by atoms with Gasteiger partial charge in [0.2, 0.25) is 0 Å². The van der Waals surface area contributed by atoms with Gasteiger partial charge in [0.25, 0.3) is 15.9 Å². The van der Waals surface area contributed by atoms with Crippen molar-refractivity contribution in [2.45, 2.75) is 18.7 Å². The second-order valence-corrected chi connectivity index (χ2v) is 6.41. The molecule has 1 heterocycles. The lowest BCUT2D eigenvalue weighted by Gasteiger charge is -2.11. The number of aryl methyl sites for hydroxylation is 2. The average molecular weight is 322 g/mol. The fourth-order valence-electron chi connectivity index (χ4n) is 1.94. The van der Waals surface area contributed by atoms with Crippen LogP contribution in [0.15, 0.2) is 35.2 Å². The van der Waals surface area contributed by atoms with Crippen LogP contribution >= 0.6 is 0 Å². The lowest BCUT2D eigenvalue weighted by molar-refractivity contribution is 0.0976. The molecule has 2 aromatic rings. The predicted molar refractivity (Wildman–Crippen MR) is 83.2 cm³/mol. The lowest BCUT2D eigenvalue weighted by Crippen LogP contribution is -2.31. The molecule has 2 N–H and O–H groups in total. The molecular weight excluding hydrogens is 304 g/mol. The van der Waals surface area contributed by atoms with E-state index in [1.165, 1.54) is 16.8 Å². The number of amides is 1. The summed E-state index contributed by atoms with van der Waals surface area (Å²) in [7, 11) is -2.29. The summed E-state index contributed by atoms with van der Waals surface area (Å²) in [6, 6.07) is 7.94. The standard InChI is InChI=1S/C14H18N4O3S/c1-4-15-11-7-5-6-8-13(11)22(20,21)17-14(19)12-9-10(2)18(3)16-12/h5-9,15H,4H2,1-3H3,(H,17,19). The van der Waals surface area contributed by atoms with Crippen LogP contribution in [-0.2, 0) is 17.1 Å². The van der Waals surface area contributed by atoms with Gasteiger partial charge in [0.1, 0.15) is 4.90 Å². The minimum atomic E-state index is -3.98. The number of hydrogen-bond donors (Lipinski definition) is 2. The zero-order valence-electron chi connectivity index (χ0n) is 12.6. The number of carbonyl (C=O) groups is 1. The van der Waals surface area contributed by atoms with Crippen LogP contribution in [-0.4, -0.2) is 30.7 Å². The molecule has 118 valence electrons. The van der Waals surface area contributed by atoms with E-state index in [4.69, 9.17) is 0 Å². The fraction of sp³-hybridized carbons (Fsp3) is 0.286. The van der Waals surface area contributed by atoms with Crippen molar-refractivity contribution in [3.05, 3.63) is 41.7 Å². The first kappa shape index (κ1) is 16.0. The van der Waals surface area contributed by atoms with E-state index in [1.54, 1.807) is 32.2 Å². The molecule has 0 aliphatic rings. The monoisotopic (exact) mass is 322 g/mol. The highest BCUT2D eigenvalue weighted by Gasteiger charge is 2.23. The van der Waals surface area contributed by atoms with Gasteiger partial charge in [-0.05, 0) is 32.0 Å². The number of nitrogens with one attached hydrogen (secondary N) is 2. The Morgan fingerprint density at radius 2 is 2.00 bits per heavy atom. The maximum absolute atomic E-state index is 12.4. The summed E-state index contributed by atoms with van der Waals surface area (Å²) in [4.78, 5) is 12.1. The van der Waals surface area contributed by atoms with Gasteiger partial charge in [-0.1, -0.05) is 12.1 Å². The van der Waals surface area contributed by atoms with Crippen LogP contribution in [0.2, 0.25) is 0 Å². The molecule has 0 unspecified atom stereocenters. The summed E-state index contributed by atoms with van der Waals surface area (Å²) < 4.78 is 28.3. The predicted octanol–water partition coefficient (Wildman–Crippen LogP) is 1.28. The smallest absolute Gasteiger partial charge is 0.285 e. The minimum absolute atomic E-state index is 0.0258. The molecule has 0 saturated carbocycles. The van der Waals surface area contributed by atoms with E-state index < -0.39 is 15.9 Å². The molecule has 0 aliphatic carbocycles. The molecule has 0 saturated heterocycles. The zero-order chi connectivity index (χ0) is 16.3. The van der Waals surface area contributed by atoms with Gasteiger partial charge >= 0.3 is 0 Å². The number of carbonyl (C=O) groups excluding carboxylic acids is 1. The van der Waals surface area contributed by atoms with E-state index in [2.05, 4.69) is 10.4 Å². The average Bonchev–Trinajstić information content (AvgIpc) is 2.79. The number of hydrogen-bond acceptors (Lipinski definition) is 5. The molecule has 0 atom stereocenters. The van der Waals surface area contributed by atoms with Crippen LogP contribution in [0, 0.1) is 6.92 Å². The van der Waals surface area contributed by atoms with E-state index in [-0.39, 0.29) is 10.6 Å². The van der Waals surface area contributed by atoms with Gasteiger partial charge in [-0.2, -0.15) is 5.10 Å². The maximum atomic E-state index is 12.4.